The molecule has 0 aromatic carbocycles. The van der Waals surface area contributed by atoms with E-state index in [-0.39, 0.29) is 24.0 Å². The molecule has 4 heteroatoms. The third kappa shape index (κ3) is 3.95. The van der Waals surface area contributed by atoms with Gasteiger partial charge in [0, 0.05) is 12.6 Å². The molecule has 0 radical (unpaired) electrons. The molecule has 0 aromatic heterocycles. The number of nitrogens with two attached hydrogens (primary N) is 1. The van der Waals surface area contributed by atoms with Crippen LogP contribution in [0.5, 0.6) is 0 Å². The van der Waals surface area contributed by atoms with Crippen molar-refractivity contribution < 1.29 is 14.3 Å². The highest BCUT2D eigenvalue weighted by atomic mass is 16.6. The van der Waals surface area contributed by atoms with Crippen molar-refractivity contribution in [3.63, 3.8) is 0 Å². The molecule has 104 valence electrons. The zero-order valence-corrected chi connectivity index (χ0v) is 11.1. The van der Waals surface area contributed by atoms with Gasteiger partial charge < -0.3 is 15.2 Å². The first-order valence-electron chi connectivity index (χ1n) is 7.31. The number of rotatable bonds is 3. The second kappa shape index (κ2) is 7.10. The lowest BCUT2D eigenvalue weighted by molar-refractivity contribution is -0.155. The van der Waals surface area contributed by atoms with Crippen molar-refractivity contribution in [3.8, 4) is 0 Å². The summed E-state index contributed by atoms with van der Waals surface area (Å²) in [6, 6.07) is -0.0210. The third-order valence-corrected chi connectivity index (χ3v) is 4.06. The van der Waals surface area contributed by atoms with Crippen LogP contribution in [0.15, 0.2) is 0 Å². The Kier molecular flexibility index (Phi) is 5.45. The molecule has 2 fully saturated rings. The Morgan fingerprint density at radius 3 is 2.67 bits per heavy atom. The number of carbonyl (C=O) groups excluding carboxylic acids is 1. The average Bonchev–Trinajstić information content (AvgIpc) is 2.62. The predicted octanol–water partition coefficient (Wildman–Crippen LogP) is 2.01. The van der Waals surface area contributed by atoms with Crippen molar-refractivity contribution in [1.82, 2.24) is 0 Å². The Hall–Kier alpha value is -0.610. The fraction of sp³-hybridized carbons (Fsp3) is 0.929. The van der Waals surface area contributed by atoms with Gasteiger partial charge in [-0.2, -0.15) is 0 Å². The first-order valence-corrected chi connectivity index (χ1v) is 7.31. The molecule has 3 atom stereocenters. The minimum atomic E-state index is -0.112. The van der Waals surface area contributed by atoms with E-state index in [2.05, 4.69) is 0 Å². The van der Waals surface area contributed by atoms with Gasteiger partial charge in [0.2, 0.25) is 0 Å². The summed E-state index contributed by atoms with van der Waals surface area (Å²) < 4.78 is 11.0. The Balaban J connectivity index is 1.75. The zero-order valence-electron chi connectivity index (χ0n) is 11.1. The van der Waals surface area contributed by atoms with E-state index in [1.54, 1.807) is 0 Å². The van der Waals surface area contributed by atoms with Crippen molar-refractivity contribution in [2.75, 3.05) is 13.2 Å². The summed E-state index contributed by atoms with van der Waals surface area (Å²) in [5, 5.41) is 0. The summed E-state index contributed by atoms with van der Waals surface area (Å²) in [6.45, 7) is 1.20. The van der Waals surface area contributed by atoms with Crippen LogP contribution in [0.4, 0.5) is 0 Å². The third-order valence-electron chi connectivity index (χ3n) is 4.06. The molecule has 1 saturated heterocycles. The van der Waals surface area contributed by atoms with Gasteiger partial charge in [-0.25, -0.2) is 0 Å². The van der Waals surface area contributed by atoms with Gasteiger partial charge in [0.1, 0.15) is 6.61 Å². The standard InChI is InChI=1S/C14H25NO3/c15-13-8-3-1-2-7-12(13)14(16)18-10-11-6-4-5-9-17-11/h11-13H,1-10,15H2. The highest BCUT2D eigenvalue weighted by Crippen LogP contribution is 2.23. The molecule has 1 aliphatic carbocycles. The Morgan fingerprint density at radius 2 is 1.89 bits per heavy atom. The molecule has 3 unspecified atom stereocenters. The van der Waals surface area contributed by atoms with E-state index in [1.807, 2.05) is 0 Å². The monoisotopic (exact) mass is 255 g/mol. The molecule has 1 aliphatic heterocycles. The molecule has 2 aliphatic rings. The van der Waals surface area contributed by atoms with E-state index in [0.29, 0.717) is 6.61 Å². The van der Waals surface area contributed by atoms with E-state index in [9.17, 15) is 4.79 Å². The predicted molar refractivity (Wildman–Crippen MR) is 69.1 cm³/mol. The number of ether oxygens (including phenoxy) is 2. The maximum Gasteiger partial charge on any atom is 0.310 e. The van der Waals surface area contributed by atoms with E-state index in [0.717, 1.165) is 45.1 Å². The van der Waals surface area contributed by atoms with Crippen LogP contribution in [-0.4, -0.2) is 31.3 Å². The van der Waals surface area contributed by atoms with Gasteiger partial charge in [-0.3, -0.25) is 4.79 Å². The highest BCUT2D eigenvalue weighted by molar-refractivity contribution is 5.73. The van der Waals surface area contributed by atoms with Crippen LogP contribution in [0.2, 0.25) is 0 Å². The van der Waals surface area contributed by atoms with E-state index in [4.69, 9.17) is 15.2 Å². The quantitative estimate of drug-likeness (QED) is 0.619. The fourth-order valence-electron chi connectivity index (χ4n) is 2.85. The molecule has 0 bridgehead atoms. The molecule has 18 heavy (non-hydrogen) atoms. The maximum absolute atomic E-state index is 12.0. The van der Waals surface area contributed by atoms with Gasteiger partial charge in [0.15, 0.2) is 0 Å². The van der Waals surface area contributed by atoms with Gasteiger partial charge >= 0.3 is 5.97 Å². The molecule has 0 amide bonds. The molecule has 2 rings (SSSR count). The molecule has 0 aromatic rings. The number of hydrogen-bond donors (Lipinski definition) is 1. The van der Waals surface area contributed by atoms with Gasteiger partial charge in [-0.1, -0.05) is 19.3 Å². The minimum absolute atomic E-state index is 0.0210. The van der Waals surface area contributed by atoms with Gasteiger partial charge in [-0.05, 0) is 32.1 Å². The van der Waals surface area contributed by atoms with Gasteiger partial charge in [0.05, 0.1) is 12.0 Å². The van der Waals surface area contributed by atoms with Crippen molar-refractivity contribution >= 4 is 5.97 Å². The molecular weight excluding hydrogens is 230 g/mol. The normalized spacial score (nSPS) is 33.7. The van der Waals surface area contributed by atoms with Gasteiger partial charge in [-0.15, -0.1) is 0 Å². The Bertz CT molecular complexity index is 264. The van der Waals surface area contributed by atoms with Crippen LogP contribution in [0.3, 0.4) is 0 Å². The molecule has 0 spiro atoms. The van der Waals surface area contributed by atoms with E-state index in [1.165, 1.54) is 12.8 Å². The zero-order chi connectivity index (χ0) is 12.8. The number of esters is 1. The number of hydrogen-bond acceptors (Lipinski definition) is 4. The topological polar surface area (TPSA) is 61.6 Å². The summed E-state index contributed by atoms with van der Waals surface area (Å²) in [7, 11) is 0. The van der Waals surface area contributed by atoms with Crippen LogP contribution in [0.25, 0.3) is 0 Å². The minimum Gasteiger partial charge on any atom is -0.463 e. The molecular formula is C14H25NO3. The van der Waals surface area contributed by atoms with Gasteiger partial charge in [0.25, 0.3) is 0 Å². The van der Waals surface area contributed by atoms with Crippen LogP contribution in [0.1, 0.15) is 51.4 Å². The van der Waals surface area contributed by atoms with E-state index >= 15 is 0 Å². The lowest BCUT2D eigenvalue weighted by Crippen LogP contribution is -2.37. The Morgan fingerprint density at radius 1 is 1.11 bits per heavy atom. The first kappa shape index (κ1) is 13.8. The highest BCUT2D eigenvalue weighted by Gasteiger charge is 2.29. The van der Waals surface area contributed by atoms with Crippen LogP contribution >= 0.6 is 0 Å². The molecule has 1 heterocycles. The average molecular weight is 255 g/mol. The summed E-state index contributed by atoms with van der Waals surface area (Å²) in [4.78, 5) is 12.0. The van der Waals surface area contributed by atoms with Crippen LogP contribution in [0, 0.1) is 5.92 Å². The van der Waals surface area contributed by atoms with Crippen molar-refractivity contribution in [2.24, 2.45) is 11.7 Å². The first-order chi connectivity index (χ1) is 8.77. The summed E-state index contributed by atoms with van der Waals surface area (Å²) in [5.74, 6) is -0.213. The molecule has 4 nitrogen and oxygen atoms in total. The van der Waals surface area contributed by atoms with E-state index < -0.39 is 0 Å². The lowest BCUT2D eigenvalue weighted by Gasteiger charge is -2.24. The number of carbonyl (C=O) groups is 1. The summed E-state index contributed by atoms with van der Waals surface area (Å²) in [6.07, 6.45) is 8.63. The van der Waals surface area contributed by atoms with Crippen molar-refractivity contribution in [3.05, 3.63) is 0 Å². The second-order valence-corrected chi connectivity index (χ2v) is 5.53. The van der Waals surface area contributed by atoms with Crippen LogP contribution < -0.4 is 5.73 Å². The fourth-order valence-corrected chi connectivity index (χ4v) is 2.85. The lowest BCUT2D eigenvalue weighted by atomic mass is 9.96. The Labute approximate surface area is 109 Å². The molecule has 1 saturated carbocycles. The SMILES string of the molecule is NC1CCCCCC1C(=O)OCC1CCCCO1. The summed E-state index contributed by atoms with van der Waals surface area (Å²) in [5.41, 5.74) is 6.06. The van der Waals surface area contributed by atoms with Crippen LogP contribution in [-0.2, 0) is 14.3 Å². The molecule has 2 N–H and O–H groups in total. The maximum atomic E-state index is 12.0. The largest absolute Gasteiger partial charge is 0.463 e. The van der Waals surface area contributed by atoms with Crippen molar-refractivity contribution in [1.29, 1.82) is 0 Å². The van der Waals surface area contributed by atoms with Crippen molar-refractivity contribution in [2.45, 2.75) is 63.5 Å². The second-order valence-electron chi connectivity index (χ2n) is 5.53. The smallest absolute Gasteiger partial charge is 0.310 e. The summed E-state index contributed by atoms with van der Waals surface area (Å²) >= 11 is 0.